The largest absolute Gasteiger partial charge is 0.480 e. The van der Waals surface area contributed by atoms with Crippen molar-refractivity contribution in [2.24, 2.45) is 0 Å². The standard InChI is InChI=1S/C10H13N3O4S/c14-10(15)9-3-7-8(12-5-11-7)4-13(9)18(16,17)6-1-2-6/h5-6,9H,1-4H2,(H,11,12)(H,14,15). The average molecular weight is 271 g/mol. The number of aliphatic carboxylic acids is 1. The molecule has 0 bridgehead atoms. The smallest absolute Gasteiger partial charge is 0.322 e. The van der Waals surface area contributed by atoms with Crippen LogP contribution in [0.1, 0.15) is 24.2 Å². The van der Waals surface area contributed by atoms with Crippen LogP contribution in [0.15, 0.2) is 6.33 Å². The van der Waals surface area contributed by atoms with Gasteiger partial charge in [-0.2, -0.15) is 4.31 Å². The Labute approximate surface area is 104 Å². The molecule has 0 saturated heterocycles. The van der Waals surface area contributed by atoms with Crippen LogP contribution in [-0.4, -0.2) is 45.1 Å². The van der Waals surface area contributed by atoms with E-state index in [1.165, 1.54) is 6.33 Å². The number of imidazole rings is 1. The number of H-pyrrole nitrogens is 1. The number of aromatic nitrogens is 2. The summed E-state index contributed by atoms with van der Waals surface area (Å²) in [5, 5.41) is 8.79. The number of carboxylic acids is 1. The first-order valence-electron chi connectivity index (χ1n) is 5.74. The molecule has 0 aromatic carbocycles. The summed E-state index contributed by atoms with van der Waals surface area (Å²) < 4.78 is 25.6. The molecule has 0 spiro atoms. The summed E-state index contributed by atoms with van der Waals surface area (Å²) in [4.78, 5) is 18.1. The topological polar surface area (TPSA) is 103 Å². The number of hydrogen-bond donors (Lipinski definition) is 2. The van der Waals surface area contributed by atoms with Crippen molar-refractivity contribution in [3.05, 3.63) is 17.7 Å². The molecule has 1 unspecified atom stereocenters. The minimum absolute atomic E-state index is 0.0745. The van der Waals surface area contributed by atoms with Gasteiger partial charge >= 0.3 is 5.97 Å². The molecular weight excluding hydrogens is 258 g/mol. The Balaban J connectivity index is 1.99. The highest BCUT2D eigenvalue weighted by molar-refractivity contribution is 7.90. The summed E-state index contributed by atoms with van der Waals surface area (Å²) in [6.07, 6.45) is 2.85. The lowest BCUT2D eigenvalue weighted by atomic mass is 10.1. The second-order valence-electron chi connectivity index (χ2n) is 4.68. The Hall–Kier alpha value is -1.41. The molecule has 1 aliphatic heterocycles. The van der Waals surface area contributed by atoms with E-state index >= 15 is 0 Å². The normalized spacial score (nSPS) is 24.8. The van der Waals surface area contributed by atoms with Crippen molar-refractivity contribution in [1.29, 1.82) is 0 Å². The molecule has 7 nitrogen and oxygen atoms in total. The summed E-state index contributed by atoms with van der Waals surface area (Å²) in [6.45, 7) is 0.0745. The van der Waals surface area contributed by atoms with Crippen molar-refractivity contribution in [3.63, 3.8) is 0 Å². The summed E-state index contributed by atoms with van der Waals surface area (Å²) in [5.41, 5.74) is 1.33. The molecule has 3 rings (SSSR count). The Kier molecular flexibility index (Phi) is 2.46. The van der Waals surface area contributed by atoms with Crippen LogP contribution >= 0.6 is 0 Å². The molecule has 18 heavy (non-hydrogen) atoms. The average Bonchev–Trinajstić information content (AvgIpc) is 3.07. The van der Waals surface area contributed by atoms with E-state index in [4.69, 9.17) is 0 Å². The number of sulfonamides is 1. The van der Waals surface area contributed by atoms with E-state index < -0.39 is 27.3 Å². The van der Waals surface area contributed by atoms with Crippen LogP contribution in [0.25, 0.3) is 0 Å². The van der Waals surface area contributed by atoms with E-state index in [1.807, 2.05) is 0 Å². The fourth-order valence-electron chi connectivity index (χ4n) is 2.25. The number of hydrogen-bond acceptors (Lipinski definition) is 4. The highest BCUT2D eigenvalue weighted by Gasteiger charge is 2.47. The number of nitrogens with one attached hydrogen (secondary N) is 1. The van der Waals surface area contributed by atoms with Gasteiger partial charge in [-0.15, -0.1) is 0 Å². The lowest BCUT2D eigenvalue weighted by molar-refractivity contribution is -0.141. The molecule has 1 aromatic heterocycles. The predicted molar refractivity (Wildman–Crippen MR) is 61.2 cm³/mol. The maximum Gasteiger partial charge on any atom is 0.322 e. The van der Waals surface area contributed by atoms with E-state index in [0.29, 0.717) is 24.2 Å². The lowest BCUT2D eigenvalue weighted by Gasteiger charge is -2.31. The highest BCUT2D eigenvalue weighted by Crippen LogP contribution is 2.35. The summed E-state index contributed by atoms with van der Waals surface area (Å²) in [6, 6.07) is -1.04. The van der Waals surface area contributed by atoms with Gasteiger partial charge < -0.3 is 10.1 Å². The molecule has 2 N–H and O–H groups in total. The molecule has 2 aliphatic rings. The zero-order valence-corrected chi connectivity index (χ0v) is 10.4. The van der Waals surface area contributed by atoms with Gasteiger partial charge in [0.25, 0.3) is 0 Å². The van der Waals surface area contributed by atoms with Crippen molar-refractivity contribution in [3.8, 4) is 0 Å². The number of nitrogens with zero attached hydrogens (tertiary/aromatic N) is 2. The summed E-state index contributed by atoms with van der Waals surface area (Å²) in [7, 11) is -3.50. The quantitative estimate of drug-likeness (QED) is 0.786. The summed E-state index contributed by atoms with van der Waals surface area (Å²) in [5.74, 6) is -1.12. The SMILES string of the molecule is O=C(O)C1Cc2nc[nH]c2CN1S(=O)(=O)C1CC1. The van der Waals surface area contributed by atoms with Gasteiger partial charge in [0.05, 0.1) is 29.5 Å². The van der Waals surface area contributed by atoms with Crippen molar-refractivity contribution in [1.82, 2.24) is 14.3 Å². The van der Waals surface area contributed by atoms with Crippen LogP contribution < -0.4 is 0 Å². The Morgan fingerprint density at radius 2 is 2.22 bits per heavy atom. The Morgan fingerprint density at radius 3 is 2.83 bits per heavy atom. The minimum Gasteiger partial charge on any atom is -0.480 e. The van der Waals surface area contributed by atoms with E-state index in [1.54, 1.807) is 0 Å². The Bertz CT molecular complexity index is 590. The van der Waals surface area contributed by atoms with Gasteiger partial charge in [-0.1, -0.05) is 0 Å². The maximum absolute atomic E-state index is 12.2. The third-order valence-corrected chi connectivity index (χ3v) is 5.76. The van der Waals surface area contributed by atoms with Crippen LogP contribution in [0, 0.1) is 0 Å². The van der Waals surface area contributed by atoms with Gasteiger partial charge in [-0.05, 0) is 12.8 Å². The van der Waals surface area contributed by atoms with Crippen molar-refractivity contribution in [2.75, 3.05) is 0 Å². The number of carbonyl (C=O) groups is 1. The van der Waals surface area contributed by atoms with Crippen molar-refractivity contribution >= 4 is 16.0 Å². The molecule has 1 aromatic rings. The summed E-state index contributed by atoms with van der Waals surface area (Å²) >= 11 is 0. The van der Waals surface area contributed by atoms with E-state index in [0.717, 1.165) is 4.31 Å². The van der Waals surface area contributed by atoms with Crippen LogP contribution in [0.2, 0.25) is 0 Å². The molecule has 2 heterocycles. The highest BCUT2D eigenvalue weighted by atomic mass is 32.2. The molecule has 1 aliphatic carbocycles. The van der Waals surface area contributed by atoms with Gasteiger partial charge in [0, 0.05) is 6.42 Å². The zero-order valence-electron chi connectivity index (χ0n) is 9.54. The van der Waals surface area contributed by atoms with Crippen LogP contribution in [0.3, 0.4) is 0 Å². The first kappa shape index (κ1) is 11.7. The fourth-order valence-corrected chi connectivity index (χ4v) is 4.19. The van der Waals surface area contributed by atoms with Crippen LogP contribution in [0.5, 0.6) is 0 Å². The number of fused-ring (bicyclic) bond motifs is 1. The third kappa shape index (κ3) is 1.72. The minimum atomic E-state index is -3.50. The fraction of sp³-hybridized carbons (Fsp3) is 0.600. The second-order valence-corrected chi connectivity index (χ2v) is 6.84. The van der Waals surface area contributed by atoms with Crippen molar-refractivity contribution < 1.29 is 18.3 Å². The molecule has 1 saturated carbocycles. The first-order valence-corrected chi connectivity index (χ1v) is 7.25. The van der Waals surface area contributed by atoms with Gasteiger partial charge in [0.1, 0.15) is 6.04 Å². The van der Waals surface area contributed by atoms with Crippen LogP contribution in [0.4, 0.5) is 0 Å². The van der Waals surface area contributed by atoms with E-state index in [-0.39, 0.29) is 13.0 Å². The van der Waals surface area contributed by atoms with Crippen LogP contribution in [-0.2, 0) is 27.8 Å². The molecule has 0 amide bonds. The predicted octanol–water partition coefficient (Wildman–Crippen LogP) is -0.287. The zero-order chi connectivity index (χ0) is 12.9. The van der Waals surface area contributed by atoms with E-state index in [9.17, 15) is 18.3 Å². The molecule has 0 radical (unpaired) electrons. The maximum atomic E-state index is 12.2. The van der Waals surface area contributed by atoms with Gasteiger partial charge in [0.15, 0.2) is 0 Å². The Morgan fingerprint density at radius 1 is 1.50 bits per heavy atom. The van der Waals surface area contributed by atoms with E-state index in [2.05, 4.69) is 9.97 Å². The third-order valence-electron chi connectivity index (χ3n) is 3.41. The van der Waals surface area contributed by atoms with Gasteiger partial charge in [-0.25, -0.2) is 13.4 Å². The second kappa shape index (κ2) is 3.79. The lowest BCUT2D eigenvalue weighted by Crippen LogP contribution is -2.49. The van der Waals surface area contributed by atoms with Crippen molar-refractivity contribution in [2.45, 2.75) is 37.1 Å². The molecule has 98 valence electrons. The monoisotopic (exact) mass is 271 g/mol. The molecular formula is C10H13N3O4S. The first-order chi connectivity index (χ1) is 8.50. The number of carboxylic acid groups (broad SMARTS) is 1. The molecule has 1 fully saturated rings. The molecule has 1 atom stereocenters. The molecule has 8 heteroatoms. The number of aromatic amines is 1. The van der Waals surface area contributed by atoms with Gasteiger partial charge in [0.2, 0.25) is 10.0 Å². The number of rotatable bonds is 3. The van der Waals surface area contributed by atoms with Gasteiger partial charge in [-0.3, -0.25) is 4.79 Å².